The van der Waals surface area contributed by atoms with Crippen molar-refractivity contribution in [3.63, 3.8) is 0 Å². The van der Waals surface area contributed by atoms with Crippen molar-refractivity contribution in [3.8, 4) is 0 Å². The van der Waals surface area contributed by atoms with Crippen LogP contribution >= 0.6 is 0 Å². The highest BCUT2D eigenvalue weighted by molar-refractivity contribution is 5.84. The molecule has 0 bridgehead atoms. The molecule has 1 aliphatic rings. The van der Waals surface area contributed by atoms with Crippen LogP contribution in [-0.4, -0.2) is 44.2 Å². The van der Waals surface area contributed by atoms with Gasteiger partial charge in [-0.3, -0.25) is 4.79 Å². The second kappa shape index (κ2) is 4.59. The number of carbonyl (C=O) groups is 1. The third-order valence-corrected chi connectivity index (χ3v) is 4.20. The molecule has 0 saturated carbocycles. The number of β-amino-alcohol motifs (C(OH)–C–C–N with tert-alkyl or cyclic N) is 1. The summed E-state index contributed by atoms with van der Waals surface area (Å²) in [4.78, 5) is 18.5. The van der Waals surface area contributed by atoms with E-state index in [0.717, 1.165) is 11.0 Å². The first-order valence-corrected chi connectivity index (χ1v) is 6.97. The zero-order valence-corrected chi connectivity index (χ0v) is 11.8. The van der Waals surface area contributed by atoms with Gasteiger partial charge in [0.15, 0.2) is 0 Å². The molecule has 3 rings (SSSR count). The fraction of sp³-hybridized carbons (Fsp3) is 0.467. The molecule has 1 aromatic carbocycles. The van der Waals surface area contributed by atoms with Crippen LogP contribution < -0.4 is 0 Å². The van der Waals surface area contributed by atoms with Crippen molar-refractivity contribution in [2.45, 2.75) is 31.9 Å². The van der Waals surface area contributed by atoms with Crippen LogP contribution in [0, 0.1) is 0 Å². The maximum atomic E-state index is 12.4. The Morgan fingerprint density at radius 1 is 1.45 bits per heavy atom. The number of rotatable bonds is 3. The number of fused-ring (bicyclic) bond motifs is 1. The highest BCUT2D eigenvalue weighted by Gasteiger charge is 2.43. The molecule has 2 aromatic rings. The van der Waals surface area contributed by atoms with E-state index in [9.17, 15) is 9.90 Å². The van der Waals surface area contributed by atoms with E-state index >= 15 is 0 Å². The summed E-state index contributed by atoms with van der Waals surface area (Å²) in [5.74, 6) is 0.0336. The van der Waals surface area contributed by atoms with Gasteiger partial charge in [0.1, 0.15) is 6.04 Å². The minimum absolute atomic E-state index is 0.0336. The minimum atomic E-state index is -0.688. The Bertz CT molecular complexity index is 643. The average Bonchev–Trinajstić information content (AvgIpc) is 2.86. The molecule has 1 N–H and O–H groups in total. The predicted molar refractivity (Wildman–Crippen MR) is 76.3 cm³/mol. The SMILES string of the molecule is CCC1(O)CN(C(=O)C(C)n2cnc3ccccc32)C1. The first kappa shape index (κ1) is 13.1. The first-order chi connectivity index (χ1) is 9.54. The fourth-order valence-electron chi connectivity index (χ4n) is 2.71. The number of hydrogen-bond donors (Lipinski definition) is 1. The molecule has 0 spiro atoms. The number of aliphatic hydroxyl groups is 1. The molecule has 0 radical (unpaired) electrons. The van der Waals surface area contributed by atoms with Crippen LogP contribution in [-0.2, 0) is 4.79 Å². The van der Waals surface area contributed by atoms with Crippen molar-refractivity contribution in [2.75, 3.05) is 13.1 Å². The first-order valence-electron chi connectivity index (χ1n) is 6.97. The van der Waals surface area contributed by atoms with Crippen molar-refractivity contribution in [3.05, 3.63) is 30.6 Å². The van der Waals surface area contributed by atoms with Crippen LogP contribution in [0.15, 0.2) is 30.6 Å². The van der Waals surface area contributed by atoms with Crippen molar-refractivity contribution in [2.24, 2.45) is 0 Å². The van der Waals surface area contributed by atoms with Gasteiger partial charge in [-0.25, -0.2) is 4.98 Å². The summed E-state index contributed by atoms with van der Waals surface area (Å²) >= 11 is 0. The lowest BCUT2D eigenvalue weighted by molar-refractivity contribution is -0.158. The van der Waals surface area contributed by atoms with Gasteiger partial charge in [-0.05, 0) is 25.5 Å². The second-order valence-corrected chi connectivity index (χ2v) is 5.59. The van der Waals surface area contributed by atoms with Crippen LogP contribution in [0.4, 0.5) is 0 Å². The molecular weight excluding hydrogens is 254 g/mol. The minimum Gasteiger partial charge on any atom is -0.386 e. The van der Waals surface area contributed by atoms with Crippen LogP contribution in [0.3, 0.4) is 0 Å². The summed E-state index contributed by atoms with van der Waals surface area (Å²) < 4.78 is 1.89. The van der Waals surface area contributed by atoms with Crippen LogP contribution in [0.1, 0.15) is 26.3 Å². The van der Waals surface area contributed by atoms with E-state index in [1.807, 2.05) is 42.7 Å². The molecule has 0 aliphatic carbocycles. The lowest BCUT2D eigenvalue weighted by atomic mass is 9.91. The molecule has 1 saturated heterocycles. The Morgan fingerprint density at radius 2 is 2.15 bits per heavy atom. The summed E-state index contributed by atoms with van der Waals surface area (Å²) in [5.41, 5.74) is 1.16. The lowest BCUT2D eigenvalue weighted by Crippen LogP contribution is -2.64. The van der Waals surface area contributed by atoms with E-state index in [4.69, 9.17) is 0 Å². The van der Waals surface area contributed by atoms with E-state index in [2.05, 4.69) is 4.98 Å². The monoisotopic (exact) mass is 273 g/mol. The summed E-state index contributed by atoms with van der Waals surface area (Å²) in [6, 6.07) is 7.47. The molecule has 1 unspecified atom stereocenters. The molecule has 2 heterocycles. The Balaban J connectivity index is 1.79. The quantitative estimate of drug-likeness (QED) is 0.923. The zero-order chi connectivity index (χ0) is 14.3. The molecule has 1 aromatic heterocycles. The smallest absolute Gasteiger partial charge is 0.245 e. The van der Waals surface area contributed by atoms with E-state index in [-0.39, 0.29) is 11.9 Å². The van der Waals surface area contributed by atoms with Crippen molar-refractivity contribution in [1.82, 2.24) is 14.5 Å². The van der Waals surface area contributed by atoms with Gasteiger partial charge in [-0.15, -0.1) is 0 Å². The average molecular weight is 273 g/mol. The van der Waals surface area contributed by atoms with E-state index < -0.39 is 5.60 Å². The number of hydrogen-bond acceptors (Lipinski definition) is 3. The van der Waals surface area contributed by atoms with E-state index in [0.29, 0.717) is 19.5 Å². The molecule has 5 nitrogen and oxygen atoms in total. The highest BCUT2D eigenvalue weighted by Crippen LogP contribution is 2.27. The molecule has 106 valence electrons. The van der Waals surface area contributed by atoms with Gasteiger partial charge < -0.3 is 14.6 Å². The van der Waals surface area contributed by atoms with Gasteiger partial charge in [-0.2, -0.15) is 0 Å². The predicted octanol–water partition coefficient (Wildman–Crippen LogP) is 1.58. The number of nitrogens with zero attached hydrogens (tertiary/aromatic N) is 3. The van der Waals surface area contributed by atoms with Gasteiger partial charge in [0, 0.05) is 0 Å². The number of amides is 1. The molecule has 1 atom stereocenters. The molecule has 1 amide bonds. The number of likely N-dealkylation sites (tertiary alicyclic amines) is 1. The van der Waals surface area contributed by atoms with Gasteiger partial charge in [0.25, 0.3) is 0 Å². The lowest BCUT2D eigenvalue weighted by Gasteiger charge is -2.47. The Labute approximate surface area is 117 Å². The summed E-state index contributed by atoms with van der Waals surface area (Å²) in [5, 5.41) is 10.0. The fourth-order valence-corrected chi connectivity index (χ4v) is 2.71. The number of para-hydroxylation sites is 2. The second-order valence-electron chi connectivity index (χ2n) is 5.59. The zero-order valence-electron chi connectivity index (χ0n) is 11.8. The molecule has 5 heteroatoms. The van der Waals surface area contributed by atoms with E-state index in [1.54, 1.807) is 11.2 Å². The number of benzene rings is 1. The van der Waals surface area contributed by atoms with Crippen LogP contribution in [0.25, 0.3) is 11.0 Å². The van der Waals surface area contributed by atoms with Gasteiger partial charge in [-0.1, -0.05) is 19.1 Å². The van der Waals surface area contributed by atoms with Gasteiger partial charge >= 0.3 is 0 Å². The summed E-state index contributed by atoms with van der Waals surface area (Å²) in [6.45, 7) is 4.67. The molecular formula is C15H19N3O2. The maximum absolute atomic E-state index is 12.4. The third-order valence-electron chi connectivity index (χ3n) is 4.20. The van der Waals surface area contributed by atoms with Crippen molar-refractivity contribution in [1.29, 1.82) is 0 Å². The third kappa shape index (κ3) is 1.98. The van der Waals surface area contributed by atoms with Crippen LogP contribution in [0.5, 0.6) is 0 Å². The van der Waals surface area contributed by atoms with Crippen LogP contribution in [0.2, 0.25) is 0 Å². The number of aromatic nitrogens is 2. The summed E-state index contributed by atoms with van der Waals surface area (Å²) in [6.07, 6.45) is 2.39. The molecule has 1 fully saturated rings. The standard InChI is InChI=1S/C15H19N3O2/c1-3-15(20)8-17(9-15)14(19)11(2)18-10-16-12-6-4-5-7-13(12)18/h4-7,10-11,20H,3,8-9H2,1-2H3. The van der Waals surface area contributed by atoms with E-state index in [1.165, 1.54) is 0 Å². The largest absolute Gasteiger partial charge is 0.386 e. The van der Waals surface area contributed by atoms with Gasteiger partial charge in [0.05, 0.1) is 36.1 Å². The summed E-state index contributed by atoms with van der Waals surface area (Å²) in [7, 11) is 0. The number of carbonyl (C=O) groups excluding carboxylic acids is 1. The maximum Gasteiger partial charge on any atom is 0.245 e. The topological polar surface area (TPSA) is 58.4 Å². The van der Waals surface area contributed by atoms with Crippen molar-refractivity contribution >= 4 is 16.9 Å². The number of imidazole rings is 1. The Hall–Kier alpha value is -1.88. The normalized spacial score (nSPS) is 18.9. The van der Waals surface area contributed by atoms with Gasteiger partial charge in [0.2, 0.25) is 5.91 Å². The highest BCUT2D eigenvalue weighted by atomic mass is 16.3. The molecule has 20 heavy (non-hydrogen) atoms. The Kier molecular flexibility index (Phi) is 3.01. The Morgan fingerprint density at radius 3 is 2.85 bits per heavy atom. The van der Waals surface area contributed by atoms with Crippen molar-refractivity contribution < 1.29 is 9.90 Å². The molecule has 1 aliphatic heterocycles.